The Morgan fingerprint density at radius 1 is 1.22 bits per heavy atom. The molecule has 0 spiro atoms. The van der Waals surface area contributed by atoms with E-state index in [1.165, 1.54) is 18.4 Å². The molecule has 2 aromatic carbocycles. The minimum atomic E-state index is 0.447. The van der Waals surface area contributed by atoms with E-state index in [1.54, 1.807) is 7.11 Å². The van der Waals surface area contributed by atoms with Crippen LogP contribution >= 0.6 is 27.5 Å². The molecule has 1 saturated carbocycles. The summed E-state index contributed by atoms with van der Waals surface area (Å²) in [5.74, 6) is 1.46. The fourth-order valence-corrected chi connectivity index (χ4v) is 2.99. The van der Waals surface area contributed by atoms with E-state index in [1.807, 2.05) is 36.4 Å². The second-order valence-electron chi connectivity index (χ2n) is 5.67. The van der Waals surface area contributed by atoms with Crippen molar-refractivity contribution < 1.29 is 9.47 Å². The van der Waals surface area contributed by atoms with Crippen LogP contribution in [-0.4, -0.2) is 13.2 Å². The Bertz CT molecular complexity index is 689. The monoisotopic (exact) mass is 395 g/mol. The van der Waals surface area contributed by atoms with Gasteiger partial charge in [0.25, 0.3) is 0 Å². The van der Waals surface area contributed by atoms with Crippen molar-refractivity contribution in [2.45, 2.75) is 32.0 Å². The van der Waals surface area contributed by atoms with Gasteiger partial charge < -0.3 is 14.8 Å². The smallest absolute Gasteiger partial charge is 0.162 e. The molecule has 1 aliphatic carbocycles. The summed E-state index contributed by atoms with van der Waals surface area (Å²) in [6, 6.07) is 12.3. The van der Waals surface area contributed by atoms with Gasteiger partial charge >= 0.3 is 0 Å². The third-order valence-corrected chi connectivity index (χ3v) is 4.75. The van der Waals surface area contributed by atoms with Gasteiger partial charge in [-0.15, -0.1) is 0 Å². The van der Waals surface area contributed by atoms with E-state index in [9.17, 15) is 0 Å². The number of hydrogen-bond donors (Lipinski definition) is 1. The number of ether oxygens (including phenoxy) is 2. The SMILES string of the molecule is COc1cc(CNC2CC2)c(Br)cc1OCc1cccc(Cl)c1. The van der Waals surface area contributed by atoms with Gasteiger partial charge in [-0.3, -0.25) is 0 Å². The van der Waals surface area contributed by atoms with Crippen molar-refractivity contribution in [3.05, 3.63) is 57.0 Å². The highest BCUT2D eigenvalue weighted by atomic mass is 79.9. The van der Waals surface area contributed by atoms with Crippen molar-refractivity contribution in [3.8, 4) is 11.5 Å². The Labute approximate surface area is 150 Å². The molecule has 3 rings (SSSR count). The zero-order valence-corrected chi connectivity index (χ0v) is 15.3. The molecule has 5 heteroatoms. The lowest BCUT2D eigenvalue weighted by molar-refractivity contribution is 0.284. The topological polar surface area (TPSA) is 30.5 Å². The summed E-state index contributed by atoms with van der Waals surface area (Å²) in [6.45, 7) is 1.28. The fourth-order valence-electron chi connectivity index (χ4n) is 2.31. The molecule has 0 aromatic heterocycles. The molecule has 23 heavy (non-hydrogen) atoms. The van der Waals surface area contributed by atoms with Crippen LogP contribution in [0.15, 0.2) is 40.9 Å². The van der Waals surface area contributed by atoms with Crippen LogP contribution in [0.25, 0.3) is 0 Å². The molecule has 0 saturated heterocycles. The first-order valence-electron chi connectivity index (χ1n) is 7.63. The first kappa shape index (κ1) is 16.6. The fraction of sp³-hybridized carbons (Fsp3) is 0.333. The molecule has 0 heterocycles. The molecule has 0 radical (unpaired) electrons. The molecule has 0 unspecified atom stereocenters. The maximum Gasteiger partial charge on any atom is 0.162 e. The molecule has 2 aromatic rings. The normalized spacial score (nSPS) is 13.9. The van der Waals surface area contributed by atoms with E-state index in [0.717, 1.165) is 28.1 Å². The van der Waals surface area contributed by atoms with Gasteiger partial charge in [0, 0.05) is 22.1 Å². The standard InChI is InChI=1S/C18H19BrClNO2/c1-22-17-8-13(10-21-15-5-6-15)16(19)9-18(17)23-11-12-3-2-4-14(20)7-12/h2-4,7-9,15,21H,5-6,10-11H2,1H3. The first-order valence-corrected chi connectivity index (χ1v) is 8.80. The van der Waals surface area contributed by atoms with Gasteiger partial charge in [0.2, 0.25) is 0 Å². The Balaban J connectivity index is 1.71. The number of rotatable bonds is 7. The molecule has 1 N–H and O–H groups in total. The Morgan fingerprint density at radius 3 is 2.74 bits per heavy atom. The lowest BCUT2D eigenvalue weighted by atomic mass is 10.2. The Kier molecular flexibility index (Phi) is 5.46. The number of benzene rings is 2. The number of halogens is 2. The zero-order chi connectivity index (χ0) is 16.2. The second kappa shape index (κ2) is 7.56. The summed E-state index contributed by atoms with van der Waals surface area (Å²) in [5, 5.41) is 4.22. The van der Waals surface area contributed by atoms with E-state index >= 15 is 0 Å². The molecule has 0 aliphatic heterocycles. The highest BCUT2D eigenvalue weighted by Gasteiger charge is 2.21. The third-order valence-electron chi connectivity index (χ3n) is 3.77. The first-order chi connectivity index (χ1) is 11.2. The summed E-state index contributed by atoms with van der Waals surface area (Å²) in [6.07, 6.45) is 2.55. The van der Waals surface area contributed by atoms with Crippen LogP contribution in [0.3, 0.4) is 0 Å². The van der Waals surface area contributed by atoms with Crippen LogP contribution in [0.4, 0.5) is 0 Å². The van der Waals surface area contributed by atoms with Crippen molar-refractivity contribution in [3.63, 3.8) is 0 Å². The van der Waals surface area contributed by atoms with Crippen LogP contribution in [0.2, 0.25) is 5.02 Å². The van der Waals surface area contributed by atoms with Gasteiger partial charge in [-0.25, -0.2) is 0 Å². The van der Waals surface area contributed by atoms with E-state index < -0.39 is 0 Å². The molecular weight excluding hydrogens is 378 g/mol. The van der Waals surface area contributed by atoms with Gasteiger partial charge in [0.15, 0.2) is 11.5 Å². The number of methoxy groups -OCH3 is 1. The molecule has 3 nitrogen and oxygen atoms in total. The summed E-state index contributed by atoms with van der Waals surface area (Å²) in [4.78, 5) is 0. The van der Waals surface area contributed by atoms with Crippen molar-refractivity contribution in [1.82, 2.24) is 5.32 Å². The number of hydrogen-bond acceptors (Lipinski definition) is 3. The quantitative estimate of drug-likeness (QED) is 0.719. The van der Waals surface area contributed by atoms with Crippen molar-refractivity contribution in [1.29, 1.82) is 0 Å². The van der Waals surface area contributed by atoms with E-state index in [-0.39, 0.29) is 0 Å². The zero-order valence-electron chi connectivity index (χ0n) is 12.9. The predicted molar refractivity (Wildman–Crippen MR) is 96.3 cm³/mol. The van der Waals surface area contributed by atoms with Crippen LogP contribution in [0.1, 0.15) is 24.0 Å². The Morgan fingerprint density at radius 2 is 2.04 bits per heavy atom. The largest absolute Gasteiger partial charge is 0.493 e. The second-order valence-corrected chi connectivity index (χ2v) is 6.96. The highest BCUT2D eigenvalue weighted by Crippen LogP contribution is 2.34. The molecule has 0 atom stereocenters. The Hall–Kier alpha value is -1.23. The molecule has 0 bridgehead atoms. The third kappa shape index (κ3) is 4.63. The molecule has 122 valence electrons. The molecule has 0 amide bonds. The van der Waals surface area contributed by atoms with Crippen LogP contribution in [-0.2, 0) is 13.2 Å². The van der Waals surface area contributed by atoms with Gasteiger partial charge in [-0.2, -0.15) is 0 Å². The van der Waals surface area contributed by atoms with Crippen LogP contribution in [0.5, 0.6) is 11.5 Å². The van der Waals surface area contributed by atoms with E-state index in [4.69, 9.17) is 21.1 Å². The van der Waals surface area contributed by atoms with E-state index in [0.29, 0.717) is 17.7 Å². The lowest BCUT2D eigenvalue weighted by Crippen LogP contribution is -2.15. The maximum absolute atomic E-state index is 6.00. The van der Waals surface area contributed by atoms with E-state index in [2.05, 4.69) is 21.2 Å². The molecular formula is C18H19BrClNO2. The van der Waals surface area contributed by atoms with Crippen LogP contribution in [0, 0.1) is 0 Å². The predicted octanol–water partition coefficient (Wildman–Crippen LogP) is 4.94. The van der Waals surface area contributed by atoms with Gasteiger partial charge in [0.05, 0.1) is 7.11 Å². The average Bonchev–Trinajstić information content (AvgIpc) is 3.36. The summed E-state index contributed by atoms with van der Waals surface area (Å²) < 4.78 is 12.4. The number of nitrogens with one attached hydrogen (secondary N) is 1. The summed E-state index contributed by atoms with van der Waals surface area (Å²) in [7, 11) is 1.66. The lowest BCUT2D eigenvalue weighted by Gasteiger charge is -2.14. The summed E-state index contributed by atoms with van der Waals surface area (Å²) >= 11 is 9.62. The van der Waals surface area contributed by atoms with Crippen LogP contribution < -0.4 is 14.8 Å². The highest BCUT2D eigenvalue weighted by molar-refractivity contribution is 9.10. The minimum absolute atomic E-state index is 0.447. The maximum atomic E-state index is 6.00. The minimum Gasteiger partial charge on any atom is -0.493 e. The summed E-state index contributed by atoms with van der Waals surface area (Å²) in [5.41, 5.74) is 2.19. The van der Waals surface area contributed by atoms with Gasteiger partial charge in [0.1, 0.15) is 6.61 Å². The molecule has 1 fully saturated rings. The van der Waals surface area contributed by atoms with Gasteiger partial charge in [-0.05, 0) is 48.2 Å². The van der Waals surface area contributed by atoms with Gasteiger partial charge in [-0.1, -0.05) is 39.7 Å². The van der Waals surface area contributed by atoms with Crippen molar-refractivity contribution in [2.75, 3.05) is 7.11 Å². The van der Waals surface area contributed by atoms with Crippen molar-refractivity contribution >= 4 is 27.5 Å². The average molecular weight is 397 g/mol. The van der Waals surface area contributed by atoms with Crippen molar-refractivity contribution in [2.24, 2.45) is 0 Å². The molecule has 1 aliphatic rings.